The second-order valence-corrected chi connectivity index (χ2v) is 6.86. The fraction of sp³-hybridized carbons (Fsp3) is 0.632. The van der Waals surface area contributed by atoms with Crippen molar-refractivity contribution in [3.05, 3.63) is 29.3 Å². The van der Waals surface area contributed by atoms with Gasteiger partial charge in [0.15, 0.2) is 5.96 Å². The molecule has 7 heteroatoms. The average Bonchev–Trinajstić information content (AvgIpc) is 2.65. The molecule has 0 aromatic heterocycles. The lowest BCUT2D eigenvalue weighted by Crippen LogP contribution is -2.51. The zero-order valence-corrected chi connectivity index (χ0v) is 19.1. The van der Waals surface area contributed by atoms with Gasteiger partial charge in [-0.1, -0.05) is 25.4 Å². The summed E-state index contributed by atoms with van der Waals surface area (Å²) in [6.45, 7) is 12.4. The molecule has 0 unspecified atom stereocenters. The summed E-state index contributed by atoms with van der Waals surface area (Å²) >= 11 is 5.96. The van der Waals surface area contributed by atoms with Gasteiger partial charge in [0, 0.05) is 43.4 Å². The van der Waals surface area contributed by atoms with Crippen LogP contribution in [0.15, 0.2) is 29.3 Å². The molecule has 2 rings (SSSR count). The Hall–Kier alpha value is -0.730. The quantitative estimate of drug-likeness (QED) is 0.261. The highest BCUT2D eigenvalue weighted by Crippen LogP contribution is 2.19. The molecule has 1 aliphatic rings. The van der Waals surface area contributed by atoms with Crippen LogP contribution in [0.25, 0.3) is 0 Å². The molecule has 1 aliphatic heterocycles. The lowest BCUT2D eigenvalue weighted by Gasteiger charge is -2.36. The highest BCUT2D eigenvalue weighted by Gasteiger charge is 2.18. The average molecular weight is 494 g/mol. The van der Waals surface area contributed by atoms with Gasteiger partial charge in [0.1, 0.15) is 0 Å². The normalized spacial score (nSPS) is 15.3. The van der Waals surface area contributed by atoms with Crippen LogP contribution < -0.4 is 10.6 Å². The summed E-state index contributed by atoms with van der Waals surface area (Å²) in [7, 11) is 0. The zero-order chi connectivity index (χ0) is 18.1. The van der Waals surface area contributed by atoms with Gasteiger partial charge in [-0.05, 0) is 56.7 Å². The van der Waals surface area contributed by atoms with Gasteiger partial charge in [-0.25, -0.2) is 0 Å². The first-order valence-corrected chi connectivity index (χ1v) is 9.79. The van der Waals surface area contributed by atoms with E-state index in [1.54, 1.807) is 0 Å². The lowest BCUT2D eigenvalue weighted by atomic mass is 10.2. The summed E-state index contributed by atoms with van der Waals surface area (Å²) in [6.07, 6.45) is 2.28. The molecular weight excluding hydrogens is 461 g/mol. The van der Waals surface area contributed by atoms with Gasteiger partial charge in [-0.15, -0.1) is 24.0 Å². The van der Waals surface area contributed by atoms with Crippen LogP contribution in [0.1, 0.15) is 26.7 Å². The van der Waals surface area contributed by atoms with Gasteiger partial charge >= 0.3 is 0 Å². The maximum atomic E-state index is 6.18. The summed E-state index contributed by atoms with van der Waals surface area (Å²) in [6, 6.07) is 8.03. The number of benzene rings is 1. The lowest BCUT2D eigenvalue weighted by molar-refractivity contribution is 0.297. The van der Waals surface area contributed by atoms with E-state index < -0.39 is 0 Å². The van der Waals surface area contributed by atoms with Crippen molar-refractivity contribution >= 4 is 47.2 Å². The van der Waals surface area contributed by atoms with Gasteiger partial charge < -0.3 is 20.4 Å². The third-order valence-electron chi connectivity index (χ3n) is 4.85. The van der Waals surface area contributed by atoms with E-state index in [0.29, 0.717) is 5.96 Å². The molecule has 1 heterocycles. The van der Waals surface area contributed by atoms with Crippen LogP contribution in [0.3, 0.4) is 0 Å². The molecule has 1 aromatic carbocycles. The largest absolute Gasteiger partial charge is 0.370 e. The molecule has 26 heavy (non-hydrogen) atoms. The maximum absolute atomic E-state index is 6.18. The van der Waals surface area contributed by atoms with Crippen LogP contribution in [0.5, 0.6) is 0 Å². The number of hydrogen-bond acceptors (Lipinski definition) is 3. The second kappa shape index (κ2) is 12.6. The van der Waals surface area contributed by atoms with Crippen molar-refractivity contribution in [1.82, 2.24) is 9.80 Å². The minimum atomic E-state index is 0. The van der Waals surface area contributed by atoms with Crippen molar-refractivity contribution in [1.29, 1.82) is 0 Å². The molecular formula is C19H33ClIN5. The van der Waals surface area contributed by atoms with Crippen molar-refractivity contribution in [3.8, 4) is 0 Å². The van der Waals surface area contributed by atoms with E-state index >= 15 is 0 Å². The van der Waals surface area contributed by atoms with E-state index in [9.17, 15) is 0 Å². The fourth-order valence-corrected chi connectivity index (χ4v) is 3.25. The molecule has 1 fully saturated rings. The second-order valence-electron chi connectivity index (χ2n) is 6.42. The van der Waals surface area contributed by atoms with Crippen LogP contribution >= 0.6 is 35.6 Å². The van der Waals surface area contributed by atoms with Gasteiger partial charge in [0.25, 0.3) is 0 Å². The third-order valence-corrected chi connectivity index (χ3v) is 5.10. The Kier molecular flexibility index (Phi) is 11.3. The van der Waals surface area contributed by atoms with Crippen molar-refractivity contribution in [2.45, 2.75) is 26.7 Å². The van der Waals surface area contributed by atoms with Gasteiger partial charge in [0.2, 0.25) is 0 Å². The van der Waals surface area contributed by atoms with Crippen molar-refractivity contribution in [2.75, 3.05) is 57.3 Å². The van der Waals surface area contributed by atoms with Gasteiger partial charge in [0.05, 0.1) is 0 Å². The first kappa shape index (κ1) is 23.3. The Bertz CT molecular complexity index is 525. The molecule has 1 saturated heterocycles. The molecule has 5 nitrogen and oxygen atoms in total. The minimum absolute atomic E-state index is 0. The summed E-state index contributed by atoms with van der Waals surface area (Å²) in [5.74, 6) is 0.693. The number of piperazine rings is 1. The smallest absolute Gasteiger partial charge is 0.191 e. The molecule has 0 radical (unpaired) electrons. The minimum Gasteiger partial charge on any atom is -0.370 e. The number of unbranched alkanes of at least 4 members (excludes halogenated alkanes) is 1. The topological polar surface area (TPSA) is 48.1 Å². The molecule has 0 amide bonds. The standard InChI is InChI=1S/C19H32ClN5.HI/c1-3-23(4-2)12-6-5-11-22-19(21)25-15-13-24(14-16-25)18-9-7-17(20)8-10-18;/h7-10H,3-6,11-16H2,1-2H3,(H2,21,22);1H. The zero-order valence-electron chi connectivity index (χ0n) is 16.0. The Labute approximate surface area is 180 Å². The highest BCUT2D eigenvalue weighted by atomic mass is 127. The number of hydrogen-bond donors (Lipinski definition) is 1. The van der Waals surface area contributed by atoms with E-state index in [2.05, 4.69) is 45.7 Å². The van der Waals surface area contributed by atoms with E-state index in [-0.39, 0.29) is 24.0 Å². The van der Waals surface area contributed by atoms with Crippen molar-refractivity contribution in [3.63, 3.8) is 0 Å². The van der Waals surface area contributed by atoms with Gasteiger partial charge in [-0.3, -0.25) is 4.99 Å². The van der Waals surface area contributed by atoms with Crippen LogP contribution in [-0.4, -0.2) is 68.1 Å². The summed E-state index contributed by atoms with van der Waals surface area (Å²) in [5.41, 5.74) is 7.39. The predicted molar refractivity (Wildman–Crippen MR) is 124 cm³/mol. The van der Waals surface area contributed by atoms with E-state index in [1.165, 1.54) is 12.1 Å². The molecule has 0 aliphatic carbocycles. The third kappa shape index (κ3) is 7.48. The summed E-state index contributed by atoms with van der Waals surface area (Å²) in [4.78, 5) is 11.6. The molecule has 0 atom stereocenters. The molecule has 0 saturated carbocycles. The monoisotopic (exact) mass is 493 g/mol. The Morgan fingerprint density at radius 1 is 1.08 bits per heavy atom. The Morgan fingerprint density at radius 2 is 1.69 bits per heavy atom. The maximum Gasteiger partial charge on any atom is 0.191 e. The predicted octanol–water partition coefficient (Wildman–Crippen LogP) is 3.52. The van der Waals surface area contributed by atoms with Crippen molar-refractivity contribution in [2.24, 2.45) is 10.7 Å². The van der Waals surface area contributed by atoms with Crippen LogP contribution in [0.4, 0.5) is 5.69 Å². The van der Waals surface area contributed by atoms with E-state index in [0.717, 1.165) is 63.8 Å². The fourth-order valence-electron chi connectivity index (χ4n) is 3.13. The van der Waals surface area contributed by atoms with E-state index in [1.807, 2.05) is 12.1 Å². The Balaban J connectivity index is 0.00000338. The number of aliphatic imine (C=N–C) groups is 1. The molecule has 0 spiro atoms. The molecule has 0 bridgehead atoms. The first-order valence-electron chi connectivity index (χ1n) is 9.41. The van der Waals surface area contributed by atoms with Crippen LogP contribution in [-0.2, 0) is 0 Å². The summed E-state index contributed by atoms with van der Waals surface area (Å²) < 4.78 is 0. The summed E-state index contributed by atoms with van der Waals surface area (Å²) in [5, 5.41) is 0.778. The highest BCUT2D eigenvalue weighted by molar-refractivity contribution is 14.0. The molecule has 148 valence electrons. The van der Waals surface area contributed by atoms with E-state index in [4.69, 9.17) is 17.3 Å². The number of guanidine groups is 1. The number of nitrogens with two attached hydrogens (primary N) is 1. The Morgan fingerprint density at radius 3 is 2.27 bits per heavy atom. The molecule has 1 aromatic rings. The number of rotatable bonds is 8. The van der Waals surface area contributed by atoms with Crippen LogP contribution in [0.2, 0.25) is 5.02 Å². The van der Waals surface area contributed by atoms with Crippen molar-refractivity contribution < 1.29 is 0 Å². The van der Waals surface area contributed by atoms with Gasteiger partial charge in [-0.2, -0.15) is 0 Å². The molecule has 2 N–H and O–H groups in total. The first-order chi connectivity index (χ1) is 12.1. The van der Waals surface area contributed by atoms with Crippen LogP contribution in [0, 0.1) is 0 Å². The number of halogens is 2. The number of nitrogens with zero attached hydrogens (tertiary/aromatic N) is 4. The SMILES string of the molecule is CCN(CC)CCCCN=C(N)N1CCN(c2ccc(Cl)cc2)CC1.I. The number of anilines is 1.